The molecular weight excluding hydrogens is 508 g/mol. The summed E-state index contributed by atoms with van der Waals surface area (Å²) in [5.41, 5.74) is 4.23. The van der Waals surface area contributed by atoms with Crippen molar-refractivity contribution in [3.63, 3.8) is 0 Å². The Hall–Kier alpha value is -3.82. The Morgan fingerprint density at radius 3 is 2.57 bits per heavy atom. The molecule has 2 amide bonds. The van der Waals surface area contributed by atoms with Crippen LogP contribution in [0.1, 0.15) is 16.7 Å². The van der Waals surface area contributed by atoms with Crippen LogP contribution in [0.3, 0.4) is 0 Å². The largest absolute Gasteiger partial charge is 0.497 e. The third-order valence-electron chi connectivity index (χ3n) is 5.58. The number of benzene rings is 3. The van der Waals surface area contributed by atoms with Gasteiger partial charge in [0.2, 0.25) is 0 Å². The Labute approximate surface area is 225 Å². The van der Waals surface area contributed by atoms with E-state index in [0.29, 0.717) is 32.2 Å². The standard InChI is InChI=1S/C28H26N2O5S2/c1-17-8-10-22(18(2)12-17)30-27(32)25(37-28(30)36)14-19-9-11-23(24(13-19)34-4)35-16-26(31)29-20-6-5-7-21(15-20)33-3/h5-15H,16H2,1-4H3,(H,29,31)/b25-14-. The van der Waals surface area contributed by atoms with E-state index in [0.717, 1.165) is 22.4 Å². The molecule has 1 fully saturated rings. The lowest BCUT2D eigenvalue weighted by atomic mass is 10.1. The fourth-order valence-electron chi connectivity index (χ4n) is 3.82. The van der Waals surface area contributed by atoms with Crippen LogP contribution in [0, 0.1) is 13.8 Å². The maximum Gasteiger partial charge on any atom is 0.270 e. The van der Waals surface area contributed by atoms with E-state index in [2.05, 4.69) is 5.32 Å². The molecular formula is C28H26N2O5S2. The zero-order chi connectivity index (χ0) is 26.5. The van der Waals surface area contributed by atoms with Gasteiger partial charge in [0.1, 0.15) is 5.75 Å². The molecule has 1 aliphatic rings. The molecule has 4 rings (SSSR count). The van der Waals surface area contributed by atoms with Gasteiger partial charge in [0.25, 0.3) is 11.8 Å². The van der Waals surface area contributed by atoms with E-state index >= 15 is 0 Å². The van der Waals surface area contributed by atoms with Crippen molar-refractivity contribution in [1.82, 2.24) is 0 Å². The van der Waals surface area contributed by atoms with E-state index in [1.54, 1.807) is 60.6 Å². The number of ether oxygens (including phenoxy) is 3. The minimum absolute atomic E-state index is 0.171. The highest BCUT2D eigenvalue weighted by atomic mass is 32.2. The third kappa shape index (κ3) is 6.12. The Morgan fingerprint density at radius 1 is 1.03 bits per heavy atom. The van der Waals surface area contributed by atoms with Crippen molar-refractivity contribution < 1.29 is 23.8 Å². The van der Waals surface area contributed by atoms with Crippen LogP contribution in [0.2, 0.25) is 0 Å². The molecule has 37 heavy (non-hydrogen) atoms. The lowest BCUT2D eigenvalue weighted by Gasteiger charge is -2.17. The van der Waals surface area contributed by atoms with Gasteiger partial charge in [-0.1, -0.05) is 53.8 Å². The summed E-state index contributed by atoms with van der Waals surface area (Å²) in [6.45, 7) is 3.77. The van der Waals surface area contributed by atoms with E-state index in [9.17, 15) is 9.59 Å². The summed E-state index contributed by atoms with van der Waals surface area (Å²) in [7, 11) is 3.08. The van der Waals surface area contributed by atoms with Gasteiger partial charge in [-0.25, -0.2) is 0 Å². The molecule has 1 saturated heterocycles. The number of thioether (sulfide) groups is 1. The van der Waals surface area contributed by atoms with Crippen molar-refractivity contribution in [2.75, 3.05) is 31.0 Å². The smallest absolute Gasteiger partial charge is 0.270 e. The first-order valence-corrected chi connectivity index (χ1v) is 12.6. The minimum atomic E-state index is -0.325. The number of nitrogens with one attached hydrogen (secondary N) is 1. The van der Waals surface area contributed by atoms with Crippen LogP contribution in [0.5, 0.6) is 17.2 Å². The monoisotopic (exact) mass is 534 g/mol. The predicted octanol–water partition coefficient (Wildman–Crippen LogP) is 5.74. The number of carbonyl (C=O) groups excluding carboxylic acids is 2. The Morgan fingerprint density at radius 2 is 1.84 bits per heavy atom. The average molecular weight is 535 g/mol. The van der Waals surface area contributed by atoms with Gasteiger partial charge in [0, 0.05) is 11.8 Å². The number of rotatable bonds is 8. The number of nitrogens with zero attached hydrogens (tertiary/aromatic N) is 1. The number of amides is 2. The highest BCUT2D eigenvalue weighted by Crippen LogP contribution is 2.38. The van der Waals surface area contributed by atoms with Gasteiger partial charge in [-0.2, -0.15) is 0 Å². The van der Waals surface area contributed by atoms with Crippen LogP contribution >= 0.6 is 24.0 Å². The summed E-state index contributed by atoms with van der Waals surface area (Å²) in [6, 6.07) is 18.2. The average Bonchev–Trinajstić information content (AvgIpc) is 3.15. The molecule has 1 heterocycles. The fraction of sp³-hybridized carbons (Fsp3) is 0.179. The maximum absolute atomic E-state index is 13.2. The number of methoxy groups -OCH3 is 2. The summed E-state index contributed by atoms with van der Waals surface area (Å²) in [6.07, 6.45) is 1.77. The third-order valence-corrected chi connectivity index (χ3v) is 6.89. The molecule has 0 saturated carbocycles. The maximum atomic E-state index is 13.2. The van der Waals surface area contributed by atoms with Crippen molar-refractivity contribution >= 4 is 57.6 Å². The number of hydrogen-bond donors (Lipinski definition) is 1. The van der Waals surface area contributed by atoms with Crippen LogP contribution in [0.25, 0.3) is 6.08 Å². The lowest BCUT2D eigenvalue weighted by Crippen LogP contribution is -2.28. The van der Waals surface area contributed by atoms with Crippen LogP contribution < -0.4 is 24.4 Å². The number of hydrogen-bond acceptors (Lipinski definition) is 7. The molecule has 1 N–H and O–H groups in total. The summed E-state index contributed by atoms with van der Waals surface area (Å²) >= 11 is 6.77. The van der Waals surface area contributed by atoms with Crippen LogP contribution in [0.4, 0.5) is 11.4 Å². The number of aryl methyl sites for hydroxylation is 2. The van der Waals surface area contributed by atoms with Gasteiger partial charge >= 0.3 is 0 Å². The van der Waals surface area contributed by atoms with E-state index < -0.39 is 0 Å². The molecule has 0 radical (unpaired) electrons. The fourth-order valence-corrected chi connectivity index (χ4v) is 5.10. The van der Waals surface area contributed by atoms with Crippen LogP contribution in [0.15, 0.2) is 65.6 Å². The molecule has 3 aromatic rings. The second kappa shape index (κ2) is 11.5. The summed E-state index contributed by atoms with van der Waals surface area (Å²) < 4.78 is 16.8. The Balaban J connectivity index is 1.45. The number of thiocarbonyl (C=S) groups is 1. The molecule has 1 aliphatic heterocycles. The first-order chi connectivity index (χ1) is 17.8. The van der Waals surface area contributed by atoms with E-state index in [1.807, 2.05) is 32.0 Å². The topological polar surface area (TPSA) is 77.1 Å². The van der Waals surface area contributed by atoms with Gasteiger partial charge in [0.05, 0.1) is 24.8 Å². The Bertz CT molecular complexity index is 1400. The molecule has 9 heteroatoms. The number of anilines is 2. The zero-order valence-corrected chi connectivity index (χ0v) is 22.5. The van der Waals surface area contributed by atoms with Crippen LogP contribution in [-0.2, 0) is 9.59 Å². The van der Waals surface area contributed by atoms with Crippen LogP contribution in [-0.4, -0.2) is 37.0 Å². The zero-order valence-electron chi connectivity index (χ0n) is 20.9. The lowest BCUT2D eigenvalue weighted by molar-refractivity contribution is -0.118. The van der Waals surface area contributed by atoms with E-state index in [-0.39, 0.29) is 18.4 Å². The van der Waals surface area contributed by atoms with Crippen molar-refractivity contribution in [2.24, 2.45) is 0 Å². The summed E-state index contributed by atoms with van der Waals surface area (Å²) in [5, 5.41) is 2.77. The van der Waals surface area contributed by atoms with Gasteiger partial charge in [0.15, 0.2) is 22.4 Å². The molecule has 0 spiro atoms. The molecule has 0 aromatic heterocycles. The highest BCUT2D eigenvalue weighted by Gasteiger charge is 2.34. The SMILES string of the molecule is COc1cccc(NC(=O)COc2ccc(/C=C3\SC(=S)N(c4ccc(C)cc4C)C3=O)cc2OC)c1. The normalized spacial score (nSPS) is 14.2. The number of carbonyl (C=O) groups is 2. The van der Waals surface area contributed by atoms with Gasteiger partial charge < -0.3 is 19.5 Å². The van der Waals surface area contributed by atoms with Crippen molar-refractivity contribution in [2.45, 2.75) is 13.8 Å². The highest BCUT2D eigenvalue weighted by molar-refractivity contribution is 8.27. The molecule has 0 bridgehead atoms. The van der Waals surface area contributed by atoms with E-state index in [4.69, 9.17) is 26.4 Å². The molecule has 190 valence electrons. The molecule has 0 atom stereocenters. The molecule has 0 aliphatic carbocycles. The minimum Gasteiger partial charge on any atom is -0.497 e. The van der Waals surface area contributed by atoms with E-state index in [1.165, 1.54) is 18.9 Å². The van der Waals surface area contributed by atoms with Crippen molar-refractivity contribution in [1.29, 1.82) is 0 Å². The summed E-state index contributed by atoms with van der Waals surface area (Å²) in [5.74, 6) is 0.989. The second-order valence-electron chi connectivity index (χ2n) is 8.29. The molecule has 0 unspecified atom stereocenters. The second-order valence-corrected chi connectivity index (χ2v) is 9.96. The molecule has 3 aromatic carbocycles. The van der Waals surface area contributed by atoms with Crippen molar-refractivity contribution in [3.05, 3.63) is 82.3 Å². The van der Waals surface area contributed by atoms with Gasteiger partial charge in [-0.3, -0.25) is 14.5 Å². The summed E-state index contributed by atoms with van der Waals surface area (Å²) in [4.78, 5) is 27.6. The first-order valence-electron chi connectivity index (χ1n) is 11.4. The predicted molar refractivity (Wildman–Crippen MR) is 152 cm³/mol. The van der Waals surface area contributed by atoms with Crippen molar-refractivity contribution in [3.8, 4) is 17.2 Å². The molecule has 7 nitrogen and oxygen atoms in total. The first kappa shape index (κ1) is 26.2. The van der Waals surface area contributed by atoms with Gasteiger partial charge in [-0.05, 0) is 61.4 Å². The van der Waals surface area contributed by atoms with Gasteiger partial charge in [-0.15, -0.1) is 0 Å². The quantitative estimate of drug-likeness (QED) is 0.292. The Kier molecular flexibility index (Phi) is 8.15.